The van der Waals surface area contributed by atoms with Gasteiger partial charge in [-0.15, -0.1) is 0 Å². The first kappa shape index (κ1) is 26.1. The van der Waals surface area contributed by atoms with Crippen LogP contribution in [0.5, 0.6) is 0 Å². The zero-order valence-electron chi connectivity index (χ0n) is 18.9. The SMILES string of the molecule is CC(=O)N=S1CCC(C(=O)N2CCC3c4ccc(C(F)(C(F)(F)F)C(F)(F)F)cc4CCC32)CC1. The number of carbonyl (C=O) groups excluding carboxylic acids is 2. The Morgan fingerprint density at radius 2 is 1.60 bits per heavy atom. The van der Waals surface area contributed by atoms with Gasteiger partial charge in [0.25, 0.3) is 0 Å². The molecule has 0 N–H and O–H groups in total. The van der Waals surface area contributed by atoms with Crippen LogP contribution >= 0.6 is 0 Å². The number of halogens is 7. The molecule has 0 aromatic heterocycles. The van der Waals surface area contributed by atoms with E-state index in [0.717, 1.165) is 6.07 Å². The number of likely N-dealkylation sites (tertiary alicyclic amines) is 1. The van der Waals surface area contributed by atoms with Crippen molar-refractivity contribution in [3.8, 4) is 0 Å². The predicted molar refractivity (Wildman–Crippen MR) is 115 cm³/mol. The minimum absolute atomic E-state index is 0.000521. The predicted octanol–water partition coefficient (Wildman–Crippen LogP) is 5.37. The lowest BCUT2D eigenvalue weighted by atomic mass is 9.77. The van der Waals surface area contributed by atoms with E-state index in [9.17, 15) is 40.3 Å². The summed E-state index contributed by atoms with van der Waals surface area (Å²) in [6.07, 6.45) is -9.96. The molecular weight excluding hydrogens is 501 g/mol. The monoisotopic (exact) mass is 526 g/mol. The third-order valence-corrected chi connectivity index (χ3v) is 9.20. The molecule has 2 amide bonds. The lowest BCUT2D eigenvalue weighted by Crippen LogP contribution is -2.50. The van der Waals surface area contributed by atoms with E-state index in [-0.39, 0.29) is 52.4 Å². The Hall–Kier alpha value is -1.98. The minimum Gasteiger partial charge on any atom is -0.339 e. The van der Waals surface area contributed by atoms with Crippen LogP contribution in [0, 0.1) is 5.92 Å². The van der Waals surface area contributed by atoms with E-state index in [2.05, 4.69) is 4.36 Å². The average molecular weight is 527 g/mol. The number of aryl methyl sites for hydroxylation is 1. The number of hydrogen-bond acceptors (Lipinski definition) is 2. The zero-order valence-corrected chi connectivity index (χ0v) is 19.7. The minimum atomic E-state index is -6.15. The Morgan fingerprint density at radius 3 is 2.17 bits per heavy atom. The highest BCUT2D eigenvalue weighted by Gasteiger charge is 2.73. The summed E-state index contributed by atoms with van der Waals surface area (Å²) in [7, 11) is -0.360. The van der Waals surface area contributed by atoms with Gasteiger partial charge in [-0.1, -0.05) is 28.9 Å². The van der Waals surface area contributed by atoms with Crippen LogP contribution in [0.15, 0.2) is 22.6 Å². The van der Waals surface area contributed by atoms with Gasteiger partial charge in [-0.25, -0.2) is 4.39 Å². The number of hydrogen-bond donors (Lipinski definition) is 0. The van der Waals surface area contributed by atoms with Gasteiger partial charge in [-0.2, -0.15) is 30.7 Å². The highest BCUT2D eigenvalue weighted by molar-refractivity contribution is 7.87. The van der Waals surface area contributed by atoms with Crippen molar-refractivity contribution in [3.05, 3.63) is 34.9 Å². The van der Waals surface area contributed by atoms with E-state index in [1.165, 1.54) is 6.92 Å². The molecule has 1 aliphatic carbocycles. The molecule has 2 aliphatic heterocycles. The average Bonchev–Trinajstić information content (AvgIpc) is 3.20. The van der Waals surface area contributed by atoms with Crippen molar-refractivity contribution < 1.29 is 40.3 Å². The van der Waals surface area contributed by atoms with Gasteiger partial charge in [-0.3, -0.25) is 9.59 Å². The number of nitrogens with zero attached hydrogens (tertiary/aromatic N) is 2. The molecule has 1 aromatic carbocycles. The van der Waals surface area contributed by atoms with Gasteiger partial charge in [0.05, 0.1) is 0 Å². The van der Waals surface area contributed by atoms with Crippen LogP contribution in [0.1, 0.15) is 55.2 Å². The van der Waals surface area contributed by atoms with Crippen molar-refractivity contribution in [3.63, 3.8) is 0 Å². The van der Waals surface area contributed by atoms with Crippen LogP contribution in [0.25, 0.3) is 0 Å². The van der Waals surface area contributed by atoms with Crippen LogP contribution in [0.2, 0.25) is 0 Å². The third-order valence-electron chi connectivity index (χ3n) is 7.27. The maximum absolute atomic E-state index is 14.5. The second-order valence-electron chi connectivity index (χ2n) is 9.36. The first-order chi connectivity index (χ1) is 16.2. The smallest absolute Gasteiger partial charge is 0.339 e. The molecule has 2 heterocycles. The van der Waals surface area contributed by atoms with E-state index in [1.807, 2.05) is 0 Å². The lowest BCUT2D eigenvalue weighted by molar-refractivity contribution is -0.348. The maximum atomic E-state index is 14.5. The number of benzene rings is 1. The number of alkyl halides is 7. The van der Waals surface area contributed by atoms with Crippen LogP contribution < -0.4 is 0 Å². The van der Waals surface area contributed by atoms with Crippen molar-refractivity contribution >= 4 is 22.5 Å². The summed E-state index contributed by atoms with van der Waals surface area (Å²) >= 11 is 0. The zero-order chi connectivity index (χ0) is 25.8. The molecule has 0 spiro atoms. The highest BCUT2D eigenvalue weighted by atomic mass is 32.2. The van der Waals surface area contributed by atoms with Gasteiger partial charge in [0, 0.05) is 48.4 Å². The van der Waals surface area contributed by atoms with E-state index >= 15 is 0 Å². The van der Waals surface area contributed by atoms with Gasteiger partial charge in [0.15, 0.2) is 0 Å². The largest absolute Gasteiger partial charge is 0.435 e. The molecule has 35 heavy (non-hydrogen) atoms. The van der Waals surface area contributed by atoms with Gasteiger partial charge in [-0.05, 0) is 43.2 Å². The Bertz CT molecular complexity index is 1030. The Morgan fingerprint density at radius 1 is 0.971 bits per heavy atom. The highest BCUT2D eigenvalue weighted by Crippen LogP contribution is 2.54. The summed E-state index contributed by atoms with van der Waals surface area (Å²) in [5, 5.41) is 0. The Labute approximate surface area is 200 Å². The second kappa shape index (κ2) is 9.15. The topological polar surface area (TPSA) is 49.7 Å². The lowest BCUT2D eigenvalue weighted by Gasteiger charge is -2.37. The second-order valence-corrected chi connectivity index (χ2v) is 11.3. The molecule has 0 bridgehead atoms. The number of rotatable bonds is 2. The van der Waals surface area contributed by atoms with Crippen molar-refractivity contribution in [1.82, 2.24) is 4.90 Å². The molecule has 4 rings (SSSR count). The molecule has 3 aliphatic rings. The summed E-state index contributed by atoms with van der Waals surface area (Å²) in [5.41, 5.74) is -6.06. The molecule has 2 saturated heterocycles. The van der Waals surface area contributed by atoms with Gasteiger partial charge < -0.3 is 4.90 Å². The first-order valence-electron chi connectivity index (χ1n) is 11.4. The molecule has 2 atom stereocenters. The van der Waals surface area contributed by atoms with E-state index in [1.54, 1.807) is 4.90 Å². The molecule has 2 fully saturated rings. The Balaban J connectivity index is 1.52. The molecule has 4 nitrogen and oxygen atoms in total. The first-order valence-corrected chi connectivity index (χ1v) is 12.9. The van der Waals surface area contributed by atoms with Gasteiger partial charge >= 0.3 is 18.0 Å². The quantitative estimate of drug-likeness (QED) is 0.487. The van der Waals surface area contributed by atoms with Crippen LogP contribution in [0.3, 0.4) is 0 Å². The summed E-state index contributed by atoms with van der Waals surface area (Å²) in [5.74, 6) is 0.725. The van der Waals surface area contributed by atoms with E-state index < -0.39 is 23.6 Å². The molecule has 12 heteroatoms. The van der Waals surface area contributed by atoms with Crippen molar-refractivity contribution in [1.29, 1.82) is 0 Å². The standard InChI is InChI=1S/C23H25F7N2O2S/c1-13(33)31-35-10-7-14(8-11-35)20(34)32-9-6-18-17-4-3-16(12-15(17)2-5-19(18)32)21(24,22(25,26)27)23(28,29)30/h3-4,12,14,18-19H,2,5-11H2,1H3. The molecular formula is C23H25F7N2O2S. The Kier molecular flexibility index (Phi) is 6.82. The van der Waals surface area contributed by atoms with E-state index in [4.69, 9.17) is 0 Å². The fraction of sp³-hybridized carbons (Fsp3) is 0.652. The molecule has 0 saturated carbocycles. The van der Waals surface area contributed by atoms with E-state index in [0.29, 0.717) is 61.4 Å². The van der Waals surface area contributed by atoms with Crippen LogP contribution in [-0.4, -0.2) is 53.2 Å². The molecule has 0 radical (unpaired) electrons. The van der Waals surface area contributed by atoms with Crippen LogP contribution in [0.4, 0.5) is 30.7 Å². The fourth-order valence-corrected chi connectivity index (χ4v) is 7.46. The van der Waals surface area contributed by atoms with Gasteiger partial charge in [0.1, 0.15) is 0 Å². The molecule has 1 aromatic rings. The number of amides is 2. The summed E-state index contributed by atoms with van der Waals surface area (Å²) < 4.78 is 97.6. The maximum Gasteiger partial charge on any atom is 0.435 e. The van der Waals surface area contributed by atoms with Crippen molar-refractivity contribution in [2.75, 3.05) is 18.1 Å². The van der Waals surface area contributed by atoms with Gasteiger partial charge in [0.2, 0.25) is 11.8 Å². The normalized spacial score (nSPS) is 27.3. The third kappa shape index (κ3) is 4.62. The number of carbonyl (C=O) groups is 2. The molecule has 2 unspecified atom stereocenters. The van der Waals surface area contributed by atoms with Crippen molar-refractivity contribution in [2.24, 2.45) is 10.3 Å². The summed E-state index contributed by atoms with van der Waals surface area (Å²) in [4.78, 5) is 26.2. The van der Waals surface area contributed by atoms with Crippen LogP contribution in [-0.2, 0) is 32.4 Å². The van der Waals surface area contributed by atoms with Crippen molar-refractivity contribution in [2.45, 2.75) is 69.0 Å². The summed E-state index contributed by atoms with van der Waals surface area (Å²) in [6, 6.07) is 2.24. The summed E-state index contributed by atoms with van der Waals surface area (Å²) in [6.45, 7) is 1.85. The fourth-order valence-electron chi connectivity index (χ4n) is 5.59. The molecule has 194 valence electrons. The number of fused-ring (bicyclic) bond motifs is 3.